The maximum Gasteiger partial charge on any atom is 0.407 e. The van der Waals surface area contributed by atoms with Gasteiger partial charge in [0.2, 0.25) is 11.8 Å². The molecule has 1 aliphatic heterocycles. The Balaban J connectivity index is 1.40. The summed E-state index contributed by atoms with van der Waals surface area (Å²) < 4.78 is 6.14. The Hall–Kier alpha value is -5.10. The molecule has 4 aromatic rings. The lowest BCUT2D eigenvalue weighted by molar-refractivity contribution is -0.118. The number of benzene rings is 2. The summed E-state index contributed by atoms with van der Waals surface area (Å²) in [6, 6.07) is 14.2. The summed E-state index contributed by atoms with van der Waals surface area (Å²) in [6.07, 6.45) is 7.95. The molecule has 1 unspecified atom stereocenters. The highest BCUT2D eigenvalue weighted by atomic mass is 35.5. The third-order valence-electron chi connectivity index (χ3n) is 6.89. The van der Waals surface area contributed by atoms with E-state index in [4.69, 9.17) is 11.6 Å². The van der Waals surface area contributed by atoms with Crippen LogP contribution in [-0.2, 0) is 20.9 Å². The smallest absolute Gasteiger partial charge is 0.407 e. The molecular weight excluding hydrogens is 572 g/mol. The van der Waals surface area contributed by atoms with Gasteiger partial charge in [-0.1, -0.05) is 30.2 Å². The van der Waals surface area contributed by atoms with Crippen molar-refractivity contribution in [3.05, 3.63) is 89.0 Å². The Morgan fingerprint density at radius 3 is 2.86 bits per heavy atom. The van der Waals surface area contributed by atoms with Crippen molar-refractivity contribution in [2.45, 2.75) is 38.3 Å². The van der Waals surface area contributed by atoms with E-state index in [9.17, 15) is 14.4 Å². The molecule has 0 saturated heterocycles. The zero-order valence-corrected chi connectivity index (χ0v) is 24.0. The lowest BCUT2D eigenvalue weighted by atomic mass is 9.97. The number of carbonyl (C=O) groups is 3. The number of tetrazole rings is 1. The molecule has 13 heteroatoms. The normalized spacial score (nSPS) is 15.0. The van der Waals surface area contributed by atoms with Gasteiger partial charge in [-0.05, 0) is 76.9 Å². The number of hydrogen-bond donors (Lipinski definition) is 3. The van der Waals surface area contributed by atoms with Crippen LogP contribution in [0.3, 0.4) is 0 Å². The van der Waals surface area contributed by atoms with Crippen LogP contribution in [0.25, 0.3) is 22.9 Å². The monoisotopic (exact) mass is 600 g/mol. The number of amides is 3. The third kappa shape index (κ3) is 7.60. The largest absolute Gasteiger partial charge is 0.453 e. The number of methoxy groups -OCH3 is 1. The Kier molecular flexibility index (Phi) is 9.37. The van der Waals surface area contributed by atoms with E-state index in [1.807, 2.05) is 30.3 Å². The Morgan fingerprint density at radius 2 is 2.05 bits per heavy atom. The lowest BCUT2D eigenvalue weighted by Crippen LogP contribution is -2.28. The quantitative estimate of drug-likeness (QED) is 0.271. The van der Waals surface area contributed by atoms with Crippen molar-refractivity contribution >= 4 is 41.3 Å². The van der Waals surface area contributed by atoms with Crippen LogP contribution in [0.1, 0.15) is 48.5 Å². The molecule has 0 aliphatic carbocycles. The molecule has 5 rings (SSSR count). The molecule has 43 heavy (non-hydrogen) atoms. The molecule has 12 nitrogen and oxygen atoms in total. The number of ether oxygens (including phenoxy) is 1. The molecule has 3 amide bonds. The molecule has 1 atom stereocenters. The number of halogens is 1. The molecule has 2 bridgehead atoms. The van der Waals surface area contributed by atoms with Gasteiger partial charge in [-0.15, -0.1) is 5.10 Å². The van der Waals surface area contributed by atoms with Crippen LogP contribution in [0.15, 0.2) is 67.1 Å². The van der Waals surface area contributed by atoms with E-state index in [0.717, 1.165) is 16.7 Å². The molecule has 0 fully saturated rings. The Morgan fingerprint density at radius 1 is 1.16 bits per heavy atom. The third-order valence-corrected chi connectivity index (χ3v) is 7.13. The van der Waals surface area contributed by atoms with Crippen LogP contribution in [0, 0.1) is 0 Å². The number of hydrogen-bond acceptors (Lipinski definition) is 8. The van der Waals surface area contributed by atoms with Gasteiger partial charge in [0.05, 0.1) is 24.5 Å². The molecule has 2 aromatic heterocycles. The summed E-state index contributed by atoms with van der Waals surface area (Å²) in [5.74, 6) is -0.426. The second-order valence-electron chi connectivity index (χ2n) is 9.84. The molecule has 220 valence electrons. The van der Waals surface area contributed by atoms with Crippen LogP contribution in [-0.4, -0.2) is 50.2 Å². The average Bonchev–Trinajstić information content (AvgIpc) is 3.55. The number of nitrogens with one attached hydrogen (secondary N) is 3. The minimum atomic E-state index is -0.543. The lowest BCUT2D eigenvalue weighted by Gasteiger charge is -2.20. The number of aromatic nitrogens is 5. The zero-order chi connectivity index (χ0) is 30.2. The molecule has 0 spiro atoms. The number of alkyl carbamates (subject to hydrolysis) is 1. The summed E-state index contributed by atoms with van der Waals surface area (Å²) in [7, 11) is 1.30. The number of rotatable bonds is 6. The highest BCUT2D eigenvalue weighted by Gasteiger charge is 2.19. The fraction of sp³-hybridized carbons (Fsp3) is 0.233. The van der Waals surface area contributed by atoms with E-state index in [0.29, 0.717) is 53.3 Å². The van der Waals surface area contributed by atoms with Crippen molar-refractivity contribution in [1.29, 1.82) is 0 Å². The van der Waals surface area contributed by atoms with Gasteiger partial charge >= 0.3 is 6.09 Å². The number of nitrogens with zero attached hydrogens (tertiary/aromatic N) is 5. The predicted octanol–water partition coefficient (Wildman–Crippen LogP) is 4.62. The number of pyridine rings is 1. The summed E-state index contributed by atoms with van der Waals surface area (Å²) in [5.41, 5.74) is 5.07. The van der Waals surface area contributed by atoms with Crippen LogP contribution in [0.5, 0.6) is 0 Å². The topological polar surface area (TPSA) is 153 Å². The van der Waals surface area contributed by atoms with Gasteiger partial charge < -0.3 is 20.7 Å². The molecule has 0 radical (unpaired) electrons. The fourth-order valence-electron chi connectivity index (χ4n) is 4.77. The van der Waals surface area contributed by atoms with Gasteiger partial charge in [0.15, 0.2) is 0 Å². The molecule has 1 aliphatic rings. The first-order valence-corrected chi connectivity index (χ1v) is 14.0. The van der Waals surface area contributed by atoms with E-state index in [-0.39, 0.29) is 24.4 Å². The highest BCUT2D eigenvalue weighted by molar-refractivity contribution is 6.30. The summed E-state index contributed by atoms with van der Waals surface area (Å²) in [6.45, 7) is 0.242. The first kappa shape index (κ1) is 29.4. The van der Waals surface area contributed by atoms with E-state index in [1.54, 1.807) is 30.5 Å². The second-order valence-corrected chi connectivity index (χ2v) is 10.3. The maximum absolute atomic E-state index is 13.1. The van der Waals surface area contributed by atoms with Gasteiger partial charge in [0, 0.05) is 47.1 Å². The average molecular weight is 601 g/mol. The van der Waals surface area contributed by atoms with Gasteiger partial charge in [0.1, 0.15) is 6.33 Å². The summed E-state index contributed by atoms with van der Waals surface area (Å²) in [4.78, 5) is 42.1. The van der Waals surface area contributed by atoms with Crippen LogP contribution < -0.4 is 16.0 Å². The van der Waals surface area contributed by atoms with Crippen molar-refractivity contribution in [3.63, 3.8) is 0 Å². The minimum Gasteiger partial charge on any atom is -0.453 e. The van der Waals surface area contributed by atoms with Crippen molar-refractivity contribution in [2.75, 3.05) is 12.4 Å². The van der Waals surface area contributed by atoms with Gasteiger partial charge in [-0.2, -0.15) is 4.68 Å². The Bertz CT molecular complexity index is 1660. The zero-order valence-electron chi connectivity index (χ0n) is 23.3. The SMILES string of the molecule is COC(=O)NCc1ccc2c(c1)NC(=O)CCCCC(NC(=O)C=Cc1cc(Cl)ccc1-n1cnnn1)c1cc-2ccn1. The summed E-state index contributed by atoms with van der Waals surface area (Å²) >= 11 is 6.21. The van der Waals surface area contributed by atoms with E-state index in [1.165, 1.54) is 24.2 Å². The molecule has 3 N–H and O–H groups in total. The molecule has 2 aromatic carbocycles. The van der Waals surface area contributed by atoms with Crippen LogP contribution in [0.4, 0.5) is 10.5 Å². The van der Waals surface area contributed by atoms with Crippen molar-refractivity contribution < 1.29 is 19.1 Å². The van der Waals surface area contributed by atoms with E-state index >= 15 is 0 Å². The minimum absolute atomic E-state index is 0.113. The number of anilines is 1. The van der Waals surface area contributed by atoms with E-state index in [2.05, 4.69) is 41.2 Å². The maximum atomic E-state index is 13.1. The molecular formula is C30H29ClN8O4. The van der Waals surface area contributed by atoms with Gasteiger partial charge in [0.25, 0.3) is 0 Å². The van der Waals surface area contributed by atoms with Gasteiger partial charge in [-0.3, -0.25) is 14.6 Å². The van der Waals surface area contributed by atoms with Crippen LogP contribution >= 0.6 is 11.6 Å². The van der Waals surface area contributed by atoms with Crippen molar-refractivity contribution in [3.8, 4) is 16.8 Å². The number of fused-ring (bicyclic) bond motifs is 4. The predicted molar refractivity (Wildman–Crippen MR) is 160 cm³/mol. The van der Waals surface area contributed by atoms with Crippen LogP contribution in [0.2, 0.25) is 5.02 Å². The van der Waals surface area contributed by atoms with Crippen molar-refractivity contribution in [1.82, 2.24) is 35.8 Å². The fourth-order valence-corrected chi connectivity index (χ4v) is 4.96. The highest BCUT2D eigenvalue weighted by Crippen LogP contribution is 2.32. The molecule has 3 heterocycles. The first-order valence-electron chi connectivity index (χ1n) is 13.6. The Labute approximate surface area is 252 Å². The van der Waals surface area contributed by atoms with Crippen molar-refractivity contribution in [2.24, 2.45) is 0 Å². The second kappa shape index (κ2) is 13.7. The number of carbonyl (C=O) groups excluding carboxylic acids is 3. The first-order chi connectivity index (χ1) is 20.9. The molecule has 0 saturated carbocycles. The van der Waals surface area contributed by atoms with E-state index < -0.39 is 6.09 Å². The summed E-state index contributed by atoms with van der Waals surface area (Å²) in [5, 5.41) is 20.5. The standard InChI is InChI=1S/C30H29ClN8O4/c1-43-30(42)33-17-19-6-9-23-20-12-13-32-26(16-20)24(4-2-3-5-28(40)36-25(23)14-19)35-29(41)11-7-21-15-22(31)8-10-27(21)39-18-34-37-38-39/h6-16,18,24H,2-5,17H2,1H3,(H,33,42)(H,35,41)(H,36,40). The van der Waals surface area contributed by atoms with Gasteiger partial charge in [-0.25, -0.2) is 4.79 Å².